The molecule has 0 saturated heterocycles. The van der Waals surface area contributed by atoms with E-state index in [-0.39, 0.29) is 49.3 Å². The zero-order valence-corrected chi connectivity index (χ0v) is 20.6. The monoisotopic (exact) mass is 537 g/mol. The SMILES string of the molecule is CCNC(=NCC(O)COC(C)c1ccccc1)NC(C)c1cc2ccccc2o1.I. The Morgan fingerprint density at radius 3 is 2.52 bits per heavy atom. The van der Waals surface area contributed by atoms with Crippen LogP contribution in [0.5, 0.6) is 0 Å². The number of hydrogen-bond donors (Lipinski definition) is 3. The lowest BCUT2D eigenvalue weighted by Gasteiger charge is -2.18. The third-order valence-electron chi connectivity index (χ3n) is 4.84. The van der Waals surface area contributed by atoms with E-state index in [1.165, 1.54) is 0 Å². The molecule has 1 aromatic heterocycles. The Labute approximate surface area is 201 Å². The summed E-state index contributed by atoms with van der Waals surface area (Å²) in [6, 6.07) is 19.9. The van der Waals surface area contributed by atoms with Crippen LogP contribution in [0.15, 0.2) is 70.1 Å². The van der Waals surface area contributed by atoms with Crippen molar-refractivity contribution < 1.29 is 14.3 Å². The number of hydrogen-bond acceptors (Lipinski definition) is 4. The number of halogens is 1. The van der Waals surface area contributed by atoms with Gasteiger partial charge in [0.2, 0.25) is 0 Å². The van der Waals surface area contributed by atoms with Crippen LogP contribution in [0.4, 0.5) is 0 Å². The smallest absolute Gasteiger partial charge is 0.191 e. The van der Waals surface area contributed by atoms with Gasteiger partial charge in [-0.25, -0.2) is 0 Å². The summed E-state index contributed by atoms with van der Waals surface area (Å²) in [6.07, 6.45) is -0.766. The number of benzene rings is 2. The number of nitrogens with one attached hydrogen (secondary N) is 2. The summed E-state index contributed by atoms with van der Waals surface area (Å²) in [5, 5.41) is 17.9. The summed E-state index contributed by atoms with van der Waals surface area (Å²) < 4.78 is 11.7. The molecule has 3 atom stereocenters. The predicted octanol–water partition coefficient (Wildman–Crippen LogP) is 4.81. The van der Waals surface area contributed by atoms with Crippen LogP contribution in [-0.2, 0) is 4.74 Å². The molecule has 31 heavy (non-hydrogen) atoms. The highest BCUT2D eigenvalue weighted by Gasteiger charge is 2.14. The number of rotatable bonds is 9. The molecule has 3 rings (SSSR count). The van der Waals surface area contributed by atoms with Crippen molar-refractivity contribution in [3.63, 3.8) is 0 Å². The minimum atomic E-state index is -0.687. The summed E-state index contributed by atoms with van der Waals surface area (Å²) >= 11 is 0. The Balaban J connectivity index is 0.00000341. The minimum Gasteiger partial charge on any atom is -0.459 e. The fourth-order valence-corrected chi connectivity index (χ4v) is 3.14. The van der Waals surface area contributed by atoms with Gasteiger partial charge < -0.3 is 24.9 Å². The molecule has 0 aliphatic rings. The van der Waals surface area contributed by atoms with Gasteiger partial charge in [-0.15, -0.1) is 24.0 Å². The Kier molecular flexibility index (Phi) is 10.3. The predicted molar refractivity (Wildman–Crippen MR) is 136 cm³/mol. The average Bonchev–Trinajstić information content (AvgIpc) is 3.21. The van der Waals surface area contributed by atoms with Crippen molar-refractivity contribution >= 4 is 40.9 Å². The largest absolute Gasteiger partial charge is 0.459 e. The molecule has 3 N–H and O–H groups in total. The van der Waals surface area contributed by atoms with Crippen LogP contribution in [0, 0.1) is 0 Å². The maximum Gasteiger partial charge on any atom is 0.191 e. The fourth-order valence-electron chi connectivity index (χ4n) is 3.14. The van der Waals surface area contributed by atoms with Gasteiger partial charge in [0.25, 0.3) is 0 Å². The zero-order chi connectivity index (χ0) is 21.3. The second kappa shape index (κ2) is 12.7. The van der Waals surface area contributed by atoms with Crippen LogP contribution in [0.2, 0.25) is 0 Å². The molecule has 0 fully saturated rings. The van der Waals surface area contributed by atoms with E-state index in [1.54, 1.807) is 0 Å². The van der Waals surface area contributed by atoms with Crippen LogP contribution >= 0.6 is 24.0 Å². The molecule has 3 unspecified atom stereocenters. The number of aliphatic imine (C=N–C) groups is 1. The molecule has 1 heterocycles. The van der Waals surface area contributed by atoms with E-state index in [2.05, 4.69) is 15.6 Å². The van der Waals surface area contributed by atoms with Crippen molar-refractivity contribution in [2.75, 3.05) is 19.7 Å². The van der Waals surface area contributed by atoms with Gasteiger partial charge in [0.05, 0.1) is 31.4 Å². The van der Waals surface area contributed by atoms with E-state index in [9.17, 15) is 5.11 Å². The van der Waals surface area contributed by atoms with Crippen molar-refractivity contribution in [3.8, 4) is 0 Å². The van der Waals surface area contributed by atoms with Crippen LogP contribution in [0.25, 0.3) is 11.0 Å². The molecule has 0 radical (unpaired) electrons. The first-order valence-corrected chi connectivity index (χ1v) is 10.4. The van der Waals surface area contributed by atoms with Crippen LogP contribution < -0.4 is 10.6 Å². The molecule has 0 spiro atoms. The first-order chi connectivity index (χ1) is 14.6. The number of nitrogens with zero attached hydrogens (tertiary/aromatic N) is 1. The van der Waals surface area contributed by atoms with Crippen molar-refractivity contribution in [1.29, 1.82) is 0 Å². The normalized spacial score (nSPS) is 14.5. The molecule has 0 bridgehead atoms. The van der Waals surface area contributed by atoms with Crippen molar-refractivity contribution in [3.05, 3.63) is 72.0 Å². The molecule has 2 aromatic carbocycles. The van der Waals surface area contributed by atoms with Crippen molar-refractivity contribution in [2.45, 2.75) is 39.0 Å². The quantitative estimate of drug-likeness (QED) is 0.208. The van der Waals surface area contributed by atoms with E-state index in [1.807, 2.05) is 81.4 Å². The third-order valence-corrected chi connectivity index (χ3v) is 4.84. The summed E-state index contributed by atoms with van der Waals surface area (Å²) in [7, 11) is 0. The van der Waals surface area contributed by atoms with Gasteiger partial charge in [0, 0.05) is 11.9 Å². The second-order valence-electron chi connectivity index (χ2n) is 7.31. The summed E-state index contributed by atoms with van der Waals surface area (Å²) in [5.41, 5.74) is 1.95. The molecule has 0 saturated carbocycles. The highest BCUT2D eigenvalue weighted by Crippen LogP contribution is 2.23. The van der Waals surface area contributed by atoms with Gasteiger partial charge in [0.15, 0.2) is 5.96 Å². The highest BCUT2D eigenvalue weighted by atomic mass is 127. The number of ether oxygens (including phenoxy) is 1. The minimum absolute atomic E-state index is 0. The van der Waals surface area contributed by atoms with Crippen molar-refractivity contribution in [1.82, 2.24) is 10.6 Å². The number of para-hydroxylation sites is 1. The fraction of sp³-hybridized carbons (Fsp3) is 0.375. The highest BCUT2D eigenvalue weighted by molar-refractivity contribution is 14.0. The standard InChI is InChI=1S/C24H31N3O3.HI/c1-4-25-24(27-17(2)23-14-20-12-8-9-13-22(20)30-23)26-15-21(28)16-29-18(3)19-10-6-5-7-11-19;/h5-14,17-18,21,28H,4,15-16H2,1-3H3,(H2,25,26,27);1H. The third kappa shape index (κ3) is 7.52. The van der Waals surface area contributed by atoms with Crippen LogP contribution in [0.3, 0.4) is 0 Å². The second-order valence-corrected chi connectivity index (χ2v) is 7.31. The number of aliphatic hydroxyl groups excluding tert-OH is 1. The van der Waals surface area contributed by atoms with Gasteiger partial charge >= 0.3 is 0 Å². The Bertz CT molecular complexity index is 912. The van der Waals surface area contributed by atoms with E-state index in [4.69, 9.17) is 9.15 Å². The maximum atomic E-state index is 10.3. The Morgan fingerprint density at radius 2 is 1.81 bits per heavy atom. The molecular weight excluding hydrogens is 505 g/mol. The lowest BCUT2D eigenvalue weighted by atomic mass is 10.1. The molecule has 3 aromatic rings. The lowest BCUT2D eigenvalue weighted by molar-refractivity contribution is 0.00111. The van der Waals surface area contributed by atoms with E-state index < -0.39 is 6.10 Å². The molecule has 168 valence electrons. The molecule has 6 nitrogen and oxygen atoms in total. The van der Waals surface area contributed by atoms with E-state index >= 15 is 0 Å². The number of aliphatic hydroxyl groups is 1. The Morgan fingerprint density at radius 1 is 1.10 bits per heavy atom. The average molecular weight is 537 g/mol. The summed E-state index contributed by atoms with van der Waals surface area (Å²) in [5.74, 6) is 1.46. The van der Waals surface area contributed by atoms with Gasteiger partial charge in [0.1, 0.15) is 11.3 Å². The topological polar surface area (TPSA) is 79.0 Å². The molecule has 0 amide bonds. The van der Waals surface area contributed by atoms with E-state index in [0.717, 1.165) is 28.8 Å². The van der Waals surface area contributed by atoms with Crippen LogP contribution in [-0.4, -0.2) is 36.9 Å². The number of guanidine groups is 1. The molecular formula is C24H32IN3O3. The number of furan rings is 1. The van der Waals surface area contributed by atoms with Crippen LogP contribution in [0.1, 0.15) is 44.2 Å². The van der Waals surface area contributed by atoms with Gasteiger partial charge in [-0.05, 0) is 38.5 Å². The van der Waals surface area contributed by atoms with Crippen molar-refractivity contribution in [2.24, 2.45) is 4.99 Å². The first kappa shape index (κ1) is 25.2. The lowest BCUT2D eigenvalue weighted by Crippen LogP contribution is -2.39. The summed E-state index contributed by atoms with van der Waals surface area (Å²) in [4.78, 5) is 4.51. The summed E-state index contributed by atoms with van der Waals surface area (Å²) in [6.45, 7) is 7.18. The molecule has 0 aliphatic carbocycles. The Hall–Kier alpha value is -2.10. The molecule has 0 aliphatic heterocycles. The van der Waals surface area contributed by atoms with Gasteiger partial charge in [-0.3, -0.25) is 4.99 Å². The van der Waals surface area contributed by atoms with E-state index in [0.29, 0.717) is 5.96 Å². The number of fused-ring (bicyclic) bond motifs is 1. The van der Waals surface area contributed by atoms with Gasteiger partial charge in [-0.1, -0.05) is 48.5 Å². The van der Waals surface area contributed by atoms with Gasteiger partial charge in [-0.2, -0.15) is 0 Å². The first-order valence-electron chi connectivity index (χ1n) is 10.4. The zero-order valence-electron chi connectivity index (χ0n) is 18.2. The maximum absolute atomic E-state index is 10.3. The molecule has 7 heteroatoms.